The first kappa shape index (κ1) is 19.0. The molecule has 0 spiro atoms. The van der Waals surface area contributed by atoms with Gasteiger partial charge in [-0.1, -0.05) is 35.9 Å². The van der Waals surface area contributed by atoms with Crippen LogP contribution in [0.4, 0.5) is 5.95 Å². The van der Waals surface area contributed by atoms with Crippen molar-refractivity contribution in [2.45, 2.75) is 13.0 Å². The molecule has 2 N–H and O–H groups in total. The van der Waals surface area contributed by atoms with Crippen LogP contribution in [-0.4, -0.2) is 22.1 Å². The molecule has 4 rings (SSSR count). The summed E-state index contributed by atoms with van der Waals surface area (Å²) in [6, 6.07) is 16.5. The van der Waals surface area contributed by atoms with Crippen molar-refractivity contribution in [3.8, 4) is 17.0 Å². The van der Waals surface area contributed by atoms with Crippen molar-refractivity contribution in [1.82, 2.24) is 15.0 Å². The standard InChI is InChI=1S/C22H19ClN4O2/c1-13(16-12-14-6-5-8-17(23)20(14)27-21(16)28)25-22-24-11-10-18(26-22)15-7-3-4-9-19(15)29-2/h3-13H,1-2H3,(H,27,28)(H,24,25,26)/t13-/m0/s1. The minimum atomic E-state index is -0.310. The van der Waals surface area contributed by atoms with Crippen LogP contribution >= 0.6 is 11.6 Å². The molecule has 6 nitrogen and oxygen atoms in total. The van der Waals surface area contributed by atoms with Gasteiger partial charge in [0.15, 0.2) is 0 Å². The van der Waals surface area contributed by atoms with Crippen molar-refractivity contribution in [1.29, 1.82) is 0 Å². The van der Waals surface area contributed by atoms with Gasteiger partial charge in [0.25, 0.3) is 5.56 Å². The number of ether oxygens (including phenoxy) is 1. The molecule has 0 saturated heterocycles. The number of halogens is 1. The van der Waals surface area contributed by atoms with E-state index < -0.39 is 0 Å². The van der Waals surface area contributed by atoms with Crippen LogP contribution in [0.1, 0.15) is 18.5 Å². The van der Waals surface area contributed by atoms with E-state index in [0.717, 1.165) is 22.4 Å². The lowest BCUT2D eigenvalue weighted by Gasteiger charge is -2.15. The van der Waals surface area contributed by atoms with Crippen molar-refractivity contribution >= 4 is 28.5 Å². The molecule has 4 aromatic rings. The maximum absolute atomic E-state index is 12.6. The summed E-state index contributed by atoms with van der Waals surface area (Å²) in [6.45, 7) is 1.89. The van der Waals surface area contributed by atoms with Gasteiger partial charge in [0.2, 0.25) is 5.95 Å². The molecule has 0 saturated carbocycles. The van der Waals surface area contributed by atoms with E-state index in [0.29, 0.717) is 22.1 Å². The zero-order chi connectivity index (χ0) is 20.4. The van der Waals surface area contributed by atoms with Gasteiger partial charge >= 0.3 is 0 Å². The summed E-state index contributed by atoms with van der Waals surface area (Å²) in [7, 11) is 1.62. The first-order valence-corrected chi connectivity index (χ1v) is 9.49. The van der Waals surface area contributed by atoms with Crippen molar-refractivity contribution in [3.05, 3.63) is 81.7 Å². The highest BCUT2D eigenvalue weighted by Crippen LogP contribution is 2.29. The largest absolute Gasteiger partial charge is 0.496 e. The number of anilines is 1. The second kappa shape index (κ2) is 7.93. The normalized spacial score (nSPS) is 12.0. The van der Waals surface area contributed by atoms with Crippen molar-refractivity contribution < 1.29 is 4.74 Å². The lowest BCUT2D eigenvalue weighted by molar-refractivity contribution is 0.416. The third kappa shape index (κ3) is 3.79. The maximum atomic E-state index is 12.6. The Morgan fingerprint density at radius 2 is 1.97 bits per heavy atom. The van der Waals surface area contributed by atoms with Gasteiger partial charge in [-0.05, 0) is 37.3 Å². The number of aromatic nitrogens is 3. The number of H-pyrrole nitrogens is 1. The number of aromatic amines is 1. The van der Waals surface area contributed by atoms with Crippen LogP contribution in [0.15, 0.2) is 65.6 Å². The van der Waals surface area contributed by atoms with Gasteiger partial charge in [-0.3, -0.25) is 4.79 Å². The van der Waals surface area contributed by atoms with Crippen LogP contribution < -0.4 is 15.6 Å². The molecule has 2 aromatic heterocycles. The fraction of sp³-hybridized carbons (Fsp3) is 0.136. The highest BCUT2D eigenvalue weighted by atomic mass is 35.5. The molecule has 2 heterocycles. The minimum Gasteiger partial charge on any atom is -0.496 e. The highest BCUT2D eigenvalue weighted by molar-refractivity contribution is 6.35. The molecule has 0 amide bonds. The SMILES string of the molecule is COc1ccccc1-c1ccnc(N[C@@H](C)c2cc3cccc(Cl)c3[nH]c2=O)n1. The smallest absolute Gasteiger partial charge is 0.253 e. The Bertz CT molecular complexity index is 1240. The fourth-order valence-corrected chi connectivity index (χ4v) is 3.47. The van der Waals surface area contributed by atoms with Gasteiger partial charge < -0.3 is 15.0 Å². The van der Waals surface area contributed by atoms with E-state index in [4.69, 9.17) is 16.3 Å². The van der Waals surface area contributed by atoms with E-state index in [2.05, 4.69) is 20.3 Å². The highest BCUT2D eigenvalue weighted by Gasteiger charge is 2.14. The van der Waals surface area contributed by atoms with Gasteiger partial charge in [-0.2, -0.15) is 0 Å². The summed E-state index contributed by atoms with van der Waals surface area (Å²) in [5.41, 5.74) is 2.60. The molecule has 7 heteroatoms. The Balaban J connectivity index is 1.66. The van der Waals surface area contributed by atoms with E-state index in [1.165, 1.54) is 0 Å². The van der Waals surface area contributed by atoms with Crippen molar-refractivity contribution in [3.63, 3.8) is 0 Å². The first-order valence-electron chi connectivity index (χ1n) is 9.11. The van der Waals surface area contributed by atoms with E-state index in [1.807, 2.05) is 55.5 Å². The fourth-order valence-electron chi connectivity index (χ4n) is 3.24. The van der Waals surface area contributed by atoms with Gasteiger partial charge in [0.05, 0.1) is 29.4 Å². The molecule has 0 bridgehead atoms. The number of benzene rings is 2. The Morgan fingerprint density at radius 1 is 1.14 bits per heavy atom. The average molecular weight is 407 g/mol. The molecular formula is C22H19ClN4O2. The lowest BCUT2D eigenvalue weighted by Crippen LogP contribution is -2.20. The van der Waals surface area contributed by atoms with Gasteiger partial charge in [-0.25, -0.2) is 9.97 Å². The summed E-state index contributed by atoms with van der Waals surface area (Å²) < 4.78 is 5.42. The third-order valence-corrected chi connectivity index (χ3v) is 5.02. The van der Waals surface area contributed by atoms with Crippen molar-refractivity contribution in [2.24, 2.45) is 0 Å². The molecule has 0 aliphatic carbocycles. The summed E-state index contributed by atoms with van der Waals surface area (Å²) >= 11 is 6.18. The van der Waals surface area contributed by atoms with E-state index in [1.54, 1.807) is 19.4 Å². The molecule has 2 aromatic carbocycles. The number of para-hydroxylation sites is 2. The summed E-state index contributed by atoms with van der Waals surface area (Å²) in [6.07, 6.45) is 1.67. The van der Waals surface area contributed by atoms with Crippen LogP contribution in [0, 0.1) is 0 Å². The predicted molar refractivity (Wildman–Crippen MR) is 116 cm³/mol. The first-order chi connectivity index (χ1) is 14.1. The summed E-state index contributed by atoms with van der Waals surface area (Å²) in [5, 5.41) is 4.59. The number of hydrogen-bond acceptors (Lipinski definition) is 5. The molecule has 146 valence electrons. The zero-order valence-corrected chi connectivity index (χ0v) is 16.7. The molecule has 1 atom stereocenters. The van der Waals surface area contributed by atoms with Gasteiger partial charge in [0.1, 0.15) is 5.75 Å². The Kier molecular flexibility index (Phi) is 5.18. The van der Waals surface area contributed by atoms with Crippen LogP contribution in [0.3, 0.4) is 0 Å². The maximum Gasteiger partial charge on any atom is 0.253 e. The molecule has 0 aliphatic heterocycles. The topological polar surface area (TPSA) is 79.9 Å². The Morgan fingerprint density at radius 3 is 2.79 bits per heavy atom. The van der Waals surface area contributed by atoms with Crippen LogP contribution in [0.2, 0.25) is 5.02 Å². The monoisotopic (exact) mass is 406 g/mol. The third-order valence-electron chi connectivity index (χ3n) is 4.71. The van der Waals surface area contributed by atoms with E-state index in [-0.39, 0.29) is 11.6 Å². The predicted octanol–water partition coefficient (Wildman–Crippen LogP) is 4.82. The molecule has 0 aliphatic rings. The molecule has 0 unspecified atom stereocenters. The Hall–Kier alpha value is -3.38. The second-order valence-corrected chi connectivity index (χ2v) is 7.00. The molecule has 0 radical (unpaired) electrons. The van der Waals surface area contributed by atoms with Crippen LogP contribution in [0.5, 0.6) is 5.75 Å². The number of nitrogens with zero attached hydrogens (tertiary/aromatic N) is 2. The number of rotatable bonds is 5. The minimum absolute atomic E-state index is 0.202. The van der Waals surface area contributed by atoms with Gasteiger partial charge in [0, 0.05) is 22.7 Å². The lowest BCUT2D eigenvalue weighted by atomic mass is 10.1. The number of nitrogens with one attached hydrogen (secondary N) is 2. The number of pyridine rings is 1. The average Bonchev–Trinajstić information content (AvgIpc) is 2.74. The molecular weight excluding hydrogens is 388 g/mol. The van der Waals surface area contributed by atoms with Crippen molar-refractivity contribution in [2.75, 3.05) is 12.4 Å². The number of fused-ring (bicyclic) bond motifs is 1. The van der Waals surface area contributed by atoms with Gasteiger partial charge in [-0.15, -0.1) is 0 Å². The van der Waals surface area contributed by atoms with E-state index in [9.17, 15) is 4.79 Å². The second-order valence-electron chi connectivity index (χ2n) is 6.59. The number of hydrogen-bond donors (Lipinski definition) is 2. The molecule has 29 heavy (non-hydrogen) atoms. The summed E-state index contributed by atoms with van der Waals surface area (Å²) in [5.74, 6) is 1.15. The van der Waals surface area contributed by atoms with Crippen LogP contribution in [0.25, 0.3) is 22.2 Å². The zero-order valence-electron chi connectivity index (χ0n) is 15.9. The summed E-state index contributed by atoms with van der Waals surface area (Å²) in [4.78, 5) is 24.3. The number of methoxy groups -OCH3 is 1. The molecule has 0 fully saturated rings. The van der Waals surface area contributed by atoms with Crippen LogP contribution in [-0.2, 0) is 0 Å². The quantitative estimate of drug-likeness (QED) is 0.496. The van der Waals surface area contributed by atoms with E-state index >= 15 is 0 Å². The Labute approximate surface area is 172 Å².